The minimum atomic E-state index is 0.760. The van der Waals surface area contributed by atoms with Gasteiger partial charge >= 0.3 is 0 Å². The molecule has 3 rings (SSSR count). The maximum atomic E-state index is 5.78. The van der Waals surface area contributed by atoms with Crippen molar-refractivity contribution in [1.29, 1.82) is 0 Å². The summed E-state index contributed by atoms with van der Waals surface area (Å²) >= 11 is 0. The average molecular weight is 204 g/mol. The average Bonchev–Trinajstić information content (AvgIpc) is 2.72. The lowest BCUT2D eigenvalue weighted by molar-refractivity contribution is 1.09. The molecule has 3 heteroatoms. The SMILES string of the molecule is [B]c1cccc(-n2cnc3ccccc32)c1. The van der Waals surface area contributed by atoms with E-state index in [1.165, 1.54) is 0 Å². The number of para-hydroxylation sites is 2. The first-order chi connectivity index (χ1) is 7.84. The second-order valence-corrected chi connectivity index (χ2v) is 3.70. The van der Waals surface area contributed by atoms with Crippen molar-refractivity contribution in [3.63, 3.8) is 0 Å². The van der Waals surface area contributed by atoms with Crippen molar-refractivity contribution in [2.75, 3.05) is 0 Å². The standard InChI is InChI=1S/C13H9BN2/c14-10-4-3-5-11(8-10)16-9-15-12-6-1-2-7-13(12)16/h1-9H. The van der Waals surface area contributed by atoms with Gasteiger partial charge in [-0.15, -0.1) is 0 Å². The second-order valence-electron chi connectivity index (χ2n) is 3.70. The number of fused-ring (bicyclic) bond motifs is 1. The molecule has 0 bridgehead atoms. The molecule has 0 unspecified atom stereocenters. The van der Waals surface area contributed by atoms with Gasteiger partial charge in [0.05, 0.1) is 11.0 Å². The van der Waals surface area contributed by atoms with Gasteiger partial charge in [0.2, 0.25) is 0 Å². The second kappa shape index (κ2) is 3.52. The van der Waals surface area contributed by atoms with Gasteiger partial charge in [-0.2, -0.15) is 0 Å². The molecule has 3 aromatic rings. The Hall–Kier alpha value is -2.03. The maximum absolute atomic E-state index is 5.78. The Labute approximate surface area is 95.0 Å². The van der Waals surface area contributed by atoms with E-state index >= 15 is 0 Å². The number of imidazole rings is 1. The highest BCUT2D eigenvalue weighted by molar-refractivity contribution is 6.32. The molecule has 0 saturated carbocycles. The van der Waals surface area contributed by atoms with E-state index in [-0.39, 0.29) is 0 Å². The van der Waals surface area contributed by atoms with Crippen molar-refractivity contribution in [2.24, 2.45) is 0 Å². The predicted molar refractivity (Wildman–Crippen MR) is 66.5 cm³/mol. The third-order valence-corrected chi connectivity index (χ3v) is 2.60. The summed E-state index contributed by atoms with van der Waals surface area (Å²) in [7, 11) is 5.78. The number of aromatic nitrogens is 2. The highest BCUT2D eigenvalue weighted by Crippen LogP contribution is 2.16. The van der Waals surface area contributed by atoms with Gasteiger partial charge in [0, 0.05) is 5.69 Å². The van der Waals surface area contributed by atoms with Crippen LogP contribution in [0.1, 0.15) is 0 Å². The molecule has 74 valence electrons. The van der Waals surface area contributed by atoms with Crippen LogP contribution in [0.4, 0.5) is 0 Å². The molecule has 0 amide bonds. The molecule has 0 fully saturated rings. The van der Waals surface area contributed by atoms with Gasteiger partial charge in [-0.3, -0.25) is 4.57 Å². The van der Waals surface area contributed by atoms with E-state index in [1.54, 1.807) is 0 Å². The summed E-state index contributed by atoms with van der Waals surface area (Å²) in [5.41, 5.74) is 3.88. The van der Waals surface area contributed by atoms with Crippen LogP contribution < -0.4 is 5.46 Å². The van der Waals surface area contributed by atoms with Crippen molar-refractivity contribution in [3.05, 3.63) is 54.9 Å². The zero-order valence-electron chi connectivity index (χ0n) is 8.67. The van der Waals surface area contributed by atoms with Crippen molar-refractivity contribution >= 4 is 24.3 Å². The zero-order valence-corrected chi connectivity index (χ0v) is 8.67. The molecule has 2 aromatic carbocycles. The molecule has 2 radical (unpaired) electrons. The molecule has 1 heterocycles. The van der Waals surface area contributed by atoms with Gasteiger partial charge in [-0.05, 0) is 24.3 Å². The summed E-state index contributed by atoms with van der Waals surface area (Å²) in [5.74, 6) is 0. The van der Waals surface area contributed by atoms with E-state index in [1.807, 2.05) is 59.4 Å². The lowest BCUT2D eigenvalue weighted by Crippen LogP contribution is -2.03. The Morgan fingerprint density at radius 3 is 2.75 bits per heavy atom. The molecule has 16 heavy (non-hydrogen) atoms. The summed E-state index contributed by atoms with van der Waals surface area (Å²) in [6.07, 6.45) is 1.82. The topological polar surface area (TPSA) is 17.8 Å². The summed E-state index contributed by atoms with van der Waals surface area (Å²) in [4.78, 5) is 4.35. The van der Waals surface area contributed by atoms with E-state index in [0.29, 0.717) is 0 Å². The van der Waals surface area contributed by atoms with Crippen LogP contribution in [-0.4, -0.2) is 17.4 Å². The number of benzene rings is 2. The van der Waals surface area contributed by atoms with E-state index in [0.717, 1.165) is 22.2 Å². The van der Waals surface area contributed by atoms with Crippen LogP contribution in [0, 0.1) is 0 Å². The van der Waals surface area contributed by atoms with Crippen LogP contribution in [0.3, 0.4) is 0 Å². The summed E-state index contributed by atoms with van der Waals surface area (Å²) in [6.45, 7) is 0. The Morgan fingerprint density at radius 2 is 1.88 bits per heavy atom. The highest BCUT2D eigenvalue weighted by atomic mass is 15.0. The Bertz CT molecular complexity index is 643. The third kappa shape index (κ3) is 1.41. The number of hydrogen-bond acceptors (Lipinski definition) is 1. The Morgan fingerprint density at radius 1 is 1.00 bits per heavy atom. The van der Waals surface area contributed by atoms with Crippen LogP contribution in [0.15, 0.2) is 54.9 Å². The van der Waals surface area contributed by atoms with Crippen molar-refractivity contribution < 1.29 is 0 Å². The van der Waals surface area contributed by atoms with E-state index < -0.39 is 0 Å². The van der Waals surface area contributed by atoms with Crippen LogP contribution in [0.2, 0.25) is 0 Å². The number of rotatable bonds is 1. The van der Waals surface area contributed by atoms with Crippen LogP contribution in [-0.2, 0) is 0 Å². The molecule has 2 nitrogen and oxygen atoms in total. The molecule has 0 aliphatic rings. The van der Waals surface area contributed by atoms with Gasteiger partial charge in [-0.25, -0.2) is 4.98 Å². The molecule has 0 N–H and O–H groups in total. The fourth-order valence-corrected chi connectivity index (χ4v) is 1.84. The van der Waals surface area contributed by atoms with Crippen LogP contribution >= 0.6 is 0 Å². The fraction of sp³-hybridized carbons (Fsp3) is 0. The van der Waals surface area contributed by atoms with Crippen LogP contribution in [0.25, 0.3) is 16.7 Å². The fourth-order valence-electron chi connectivity index (χ4n) is 1.84. The number of hydrogen-bond donors (Lipinski definition) is 0. The molecule has 0 aliphatic heterocycles. The van der Waals surface area contributed by atoms with Crippen molar-refractivity contribution in [2.45, 2.75) is 0 Å². The van der Waals surface area contributed by atoms with Crippen molar-refractivity contribution in [3.8, 4) is 5.69 Å². The molecule has 0 saturated heterocycles. The molecule has 1 aromatic heterocycles. The van der Waals surface area contributed by atoms with Gasteiger partial charge in [-0.1, -0.05) is 29.7 Å². The molecular weight excluding hydrogens is 195 g/mol. The lowest BCUT2D eigenvalue weighted by Gasteiger charge is -2.04. The predicted octanol–water partition coefficient (Wildman–Crippen LogP) is 1.82. The maximum Gasteiger partial charge on any atom is 0.113 e. The third-order valence-electron chi connectivity index (χ3n) is 2.60. The van der Waals surface area contributed by atoms with Crippen LogP contribution in [0.5, 0.6) is 0 Å². The van der Waals surface area contributed by atoms with Gasteiger partial charge in [0.25, 0.3) is 0 Å². The summed E-state index contributed by atoms with van der Waals surface area (Å²) in [6, 6.07) is 15.8. The van der Waals surface area contributed by atoms with Gasteiger partial charge in [0.1, 0.15) is 14.2 Å². The largest absolute Gasteiger partial charge is 0.299 e. The summed E-state index contributed by atoms with van der Waals surface area (Å²) < 4.78 is 2.03. The quantitative estimate of drug-likeness (QED) is 0.553. The molecule has 0 atom stereocenters. The van der Waals surface area contributed by atoms with Gasteiger partial charge < -0.3 is 0 Å². The van der Waals surface area contributed by atoms with E-state index in [4.69, 9.17) is 7.85 Å². The van der Waals surface area contributed by atoms with E-state index in [9.17, 15) is 0 Å². The zero-order chi connectivity index (χ0) is 11.0. The first-order valence-electron chi connectivity index (χ1n) is 5.12. The molecular formula is C13H9BN2. The normalized spacial score (nSPS) is 10.8. The smallest absolute Gasteiger partial charge is 0.113 e. The highest BCUT2D eigenvalue weighted by Gasteiger charge is 2.02. The molecule has 0 aliphatic carbocycles. The molecule has 0 spiro atoms. The van der Waals surface area contributed by atoms with E-state index in [2.05, 4.69) is 4.98 Å². The van der Waals surface area contributed by atoms with Gasteiger partial charge in [0.15, 0.2) is 0 Å². The Balaban J connectivity index is 2.26. The minimum absolute atomic E-state index is 0.760. The first kappa shape index (κ1) is 9.22. The summed E-state index contributed by atoms with van der Waals surface area (Å²) in [5, 5.41) is 0. The first-order valence-corrected chi connectivity index (χ1v) is 5.12. The minimum Gasteiger partial charge on any atom is -0.299 e. The lowest BCUT2D eigenvalue weighted by atomic mass is 9.96. The number of nitrogens with zero attached hydrogens (tertiary/aromatic N) is 2. The Kier molecular flexibility index (Phi) is 2.03. The van der Waals surface area contributed by atoms with Crippen molar-refractivity contribution in [1.82, 2.24) is 9.55 Å². The monoisotopic (exact) mass is 204 g/mol.